The number of nitriles is 1. The van der Waals surface area contributed by atoms with Gasteiger partial charge in [0.05, 0.1) is 31.6 Å². The van der Waals surface area contributed by atoms with Crippen molar-refractivity contribution in [3.05, 3.63) is 29.7 Å². The van der Waals surface area contributed by atoms with Crippen LogP contribution in [0.5, 0.6) is 0 Å². The molecule has 0 unspecified atom stereocenters. The molecule has 5 nitrogen and oxygen atoms in total. The van der Waals surface area contributed by atoms with Gasteiger partial charge in [-0.25, -0.2) is 4.39 Å². The summed E-state index contributed by atoms with van der Waals surface area (Å²) >= 11 is 0. The van der Waals surface area contributed by atoms with E-state index in [1.165, 1.54) is 6.42 Å². The molecule has 0 aromatic carbocycles. The van der Waals surface area contributed by atoms with Crippen LogP contribution in [0.15, 0.2) is 23.2 Å². The standard InChI is InChI=1S/C13H18FNO4P/c1-3-18-20(16,19-4-2)8-7-17-13-6-5-12(14)9-11(13)10-15/h5,9H,3-4,6-8H2,1-2H3. The summed E-state index contributed by atoms with van der Waals surface area (Å²) in [7, 11) is -3.16. The van der Waals surface area contributed by atoms with Crippen molar-refractivity contribution >= 4 is 7.60 Å². The normalized spacial score (nSPS) is 15.8. The lowest BCUT2D eigenvalue weighted by molar-refractivity contribution is 0.190. The van der Waals surface area contributed by atoms with E-state index in [2.05, 4.69) is 0 Å². The van der Waals surface area contributed by atoms with Gasteiger partial charge in [-0.15, -0.1) is 0 Å². The summed E-state index contributed by atoms with van der Waals surface area (Å²) in [6, 6.07) is 1.87. The highest BCUT2D eigenvalue weighted by molar-refractivity contribution is 7.53. The molecule has 0 aliphatic heterocycles. The molecule has 1 rings (SSSR count). The topological polar surface area (TPSA) is 68.5 Å². The number of rotatable bonds is 8. The first kappa shape index (κ1) is 16.9. The molecule has 0 amide bonds. The maximum absolute atomic E-state index is 13.0. The summed E-state index contributed by atoms with van der Waals surface area (Å²) in [5.74, 6) is -0.0864. The number of hydrogen-bond acceptors (Lipinski definition) is 5. The van der Waals surface area contributed by atoms with Gasteiger partial charge in [0.2, 0.25) is 0 Å². The maximum Gasteiger partial charge on any atom is 0.334 e. The molecule has 0 saturated heterocycles. The van der Waals surface area contributed by atoms with Crippen molar-refractivity contribution in [2.75, 3.05) is 26.0 Å². The van der Waals surface area contributed by atoms with Gasteiger partial charge >= 0.3 is 7.60 Å². The van der Waals surface area contributed by atoms with E-state index in [0.29, 0.717) is 5.76 Å². The molecule has 0 aromatic heterocycles. The molecule has 0 heterocycles. The fourth-order valence-electron chi connectivity index (χ4n) is 1.65. The van der Waals surface area contributed by atoms with Crippen LogP contribution in [0.1, 0.15) is 20.3 Å². The molecular weight excluding hydrogens is 284 g/mol. The largest absolute Gasteiger partial charge is 0.496 e. The van der Waals surface area contributed by atoms with Gasteiger partial charge < -0.3 is 13.8 Å². The third kappa shape index (κ3) is 5.09. The smallest absolute Gasteiger partial charge is 0.334 e. The van der Waals surface area contributed by atoms with Gasteiger partial charge in [0.1, 0.15) is 17.7 Å². The molecule has 0 aromatic rings. The van der Waals surface area contributed by atoms with Gasteiger partial charge in [0, 0.05) is 12.8 Å². The minimum atomic E-state index is -3.16. The Hall–Kier alpha value is -1.15. The van der Waals surface area contributed by atoms with Crippen LogP contribution in [0.3, 0.4) is 0 Å². The quantitative estimate of drug-likeness (QED) is 0.642. The molecule has 0 bridgehead atoms. The van der Waals surface area contributed by atoms with Crippen LogP contribution in [0, 0.1) is 17.8 Å². The van der Waals surface area contributed by atoms with Gasteiger partial charge in [0.25, 0.3) is 0 Å². The highest BCUT2D eigenvalue weighted by Crippen LogP contribution is 2.47. The zero-order valence-electron chi connectivity index (χ0n) is 11.6. The van der Waals surface area contributed by atoms with Crippen LogP contribution < -0.4 is 0 Å². The van der Waals surface area contributed by atoms with E-state index in [1.54, 1.807) is 13.8 Å². The van der Waals surface area contributed by atoms with Crippen molar-refractivity contribution in [2.45, 2.75) is 20.3 Å². The van der Waals surface area contributed by atoms with Crippen LogP contribution in [-0.2, 0) is 18.3 Å². The lowest BCUT2D eigenvalue weighted by Gasteiger charge is -2.19. The molecule has 1 aliphatic rings. The van der Waals surface area contributed by atoms with E-state index in [4.69, 9.17) is 19.0 Å². The summed E-state index contributed by atoms with van der Waals surface area (Å²) in [6.45, 7) is 4.11. The molecule has 20 heavy (non-hydrogen) atoms. The van der Waals surface area contributed by atoms with Crippen molar-refractivity contribution in [1.29, 1.82) is 5.26 Å². The Morgan fingerprint density at radius 2 is 2.05 bits per heavy atom. The molecule has 0 atom stereocenters. The van der Waals surface area contributed by atoms with E-state index < -0.39 is 13.4 Å². The van der Waals surface area contributed by atoms with Gasteiger partial charge in [-0.05, 0) is 19.9 Å². The van der Waals surface area contributed by atoms with Crippen molar-refractivity contribution in [2.24, 2.45) is 0 Å². The third-order valence-electron chi connectivity index (χ3n) is 2.48. The number of ether oxygens (including phenoxy) is 1. The van der Waals surface area contributed by atoms with Crippen LogP contribution in [0.2, 0.25) is 0 Å². The first-order valence-electron chi connectivity index (χ1n) is 6.39. The highest BCUT2D eigenvalue weighted by Gasteiger charge is 2.24. The Kier molecular flexibility index (Phi) is 6.94. The van der Waals surface area contributed by atoms with Crippen molar-refractivity contribution < 1.29 is 22.7 Å². The monoisotopic (exact) mass is 302 g/mol. The second kappa shape index (κ2) is 8.21. The fraction of sp³-hybridized carbons (Fsp3) is 0.538. The third-order valence-corrected chi connectivity index (χ3v) is 4.51. The predicted molar refractivity (Wildman–Crippen MR) is 72.4 cm³/mol. The summed E-state index contributed by atoms with van der Waals surface area (Å²) in [5, 5.41) is 8.89. The Balaban J connectivity index is 2.59. The summed E-state index contributed by atoms with van der Waals surface area (Å²) in [4.78, 5) is 0. The second-order valence-electron chi connectivity index (χ2n) is 3.90. The number of nitrogens with zero attached hydrogens (tertiary/aromatic N) is 1. The van der Waals surface area contributed by atoms with Gasteiger partial charge in [-0.2, -0.15) is 5.26 Å². The minimum Gasteiger partial charge on any atom is -0.496 e. The number of halogens is 1. The molecule has 7 heteroatoms. The van der Waals surface area contributed by atoms with Crippen molar-refractivity contribution in [3.63, 3.8) is 0 Å². The van der Waals surface area contributed by atoms with E-state index in [-0.39, 0.29) is 38.0 Å². The van der Waals surface area contributed by atoms with E-state index in [9.17, 15) is 8.96 Å². The number of hydrogen-bond donors (Lipinski definition) is 0. The van der Waals surface area contributed by atoms with Crippen LogP contribution in [-0.4, -0.2) is 26.0 Å². The van der Waals surface area contributed by atoms with Gasteiger partial charge in [0.15, 0.2) is 0 Å². The van der Waals surface area contributed by atoms with Gasteiger partial charge in [-0.1, -0.05) is 0 Å². The molecule has 0 N–H and O–H groups in total. The Bertz CT molecular complexity index is 471. The zero-order valence-corrected chi connectivity index (χ0v) is 12.5. The molecular formula is C13H18FNO4P. The van der Waals surface area contributed by atoms with Gasteiger partial charge in [-0.3, -0.25) is 4.57 Å². The predicted octanol–water partition coefficient (Wildman–Crippen LogP) is 3.51. The molecule has 0 saturated carbocycles. The van der Waals surface area contributed by atoms with E-state index in [0.717, 1.165) is 6.08 Å². The molecule has 0 fully saturated rings. The molecule has 1 radical (unpaired) electrons. The fourth-order valence-corrected chi connectivity index (χ4v) is 3.08. The summed E-state index contributed by atoms with van der Waals surface area (Å²) < 4.78 is 40.8. The first-order chi connectivity index (χ1) is 9.54. The first-order valence-corrected chi connectivity index (χ1v) is 8.12. The zero-order chi connectivity index (χ0) is 15.0. The lowest BCUT2D eigenvalue weighted by Crippen LogP contribution is -2.08. The van der Waals surface area contributed by atoms with Crippen molar-refractivity contribution in [1.82, 2.24) is 0 Å². The SMILES string of the molecule is CCOP(=O)(CCOC1=C(C#N)C=C(F)[CH]C1)OCC. The number of allylic oxidation sites excluding steroid dienone is 4. The molecule has 111 valence electrons. The van der Waals surface area contributed by atoms with Crippen molar-refractivity contribution in [3.8, 4) is 6.07 Å². The van der Waals surface area contributed by atoms with Crippen LogP contribution in [0.4, 0.5) is 4.39 Å². The Labute approximate surface area is 118 Å². The lowest BCUT2D eigenvalue weighted by atomic mass is 10.1. The van der Waals surface area contributed by atoms with E-state index >= 15 is 0 Å². The van der Waals surface area contributed by atoms with Crippen LogP contribution >= 0.6 is 7.60 Å². The van der Waals surface area contributed by atoms with Crippen LogP contribution in [0.25, 0.3) is 0 Å². The molecule has 1 aliphatic carbocycles. The minimum absolute atomic E-state index is 0.0844. The Morgan fingerprint density at radius 3 is 2.60 bits per heavy atom. The average molecular weight is 302 g/mol. The Morgan fingerprint density at radius 1 is 1.40 bits per heavy atom. The molecule has 0 spiro atoms. The summed E-state index contributed by atoms with van der Waals surface area (Å²) in [6.07, 6.45) is 2.73. The second-order valence-corrected chi connectivity index (χ2v) is 6.09. The summed E-state index contributed by atoms with van der Waals surface area (Å²) in [5.41, 5.74) is 0.146. The maximum atomic E-state index is 13.0. The highest BCUT2D eigenvalue weighted by atomic mass is 31.2. The average Bonchev–Trinajstić information content (AvgIpc) is 2.41. The van der Waals surface area contributed by atoms with E-state index in [1.807, 2.05) is 6.07 Å².